The van der Waals surface area contributed by atoms with E-state index in [9.17, 15) is 0 Å². The molecule has 122 valence electrons. The third-order valence-corrected chi connectivity index (χ3v) is 4.69. The molecule has 0 spiro atoms. The van der Waals surface area contributed by atoms with E-state index in [2.05, 4.69) is 20.3 Å². The van der Waals surface area contributed by atoms with Crippen LogP contribution in [-0.4, -0.2) is 16.2 Å². The van der Waals surface area contributed by atoms with Gasteiger partial charge in [0.2, 0.25) is 0 Å². The number of pyridine rings is 1. The van der Waals surface area contributed by atoms with Crippen LogP contribution < -0.4 is 5.32 Å². The van der Waals surface area contributed by atoms with E-state index in [0.717, 1.165) is 26.6 Å². The molecule has 0 atom stereocenters. The summed E-state index contributed by atoms with van der Waals surface area (Å²) in [5.41, 5.74) is 2.64. The van der Waals surface area contributed by atoms with Gasteiger partial charge in [0, 0.05) is 16.9 Å². The lowest BCUT2D eigenvalue weighted by Gasteiger charge is -2.07. The number of hydrogen-bond donors (Lipinski definition) is 1. The summed E-state index contributed by atoms with van der Waals surface area (Å²) < 4.78 is 1.04. The molecular weight excluding hydrogens is 352 g/mol. The second-order valence-corrected chi connectivity index (χ2v) is 6.78. The summed E-state index contributed by atoms with van der Waals surface area (Å²) in [5, 5.41) is 4.82. The number of fused-ring (bicyclic) bond motifs is 1. The van der Waals surface area contributed by atoms with Crippen LogP contribution in [-0.2, 0) is 0 Å². The van der Waals surface area contributed by atoms with Gasteiger partial charge in [-0.05, 0) is 42.5 Å². The summed E-state index contributed by atoms with van der Waals surface area (Å²) in [5.74, 6) is 0.703. The van der Waals surface area contributed by atoms with Crippen molar-refractivity contribution in [2.24, 2.45) is 4.99 Å². The molecule has 0 saturated carbocycles. The first-order chi connectivity index (χ1) is 12.3. The van der Waals surface area contributed by atoms with Gasteiger partial charge in [-0.25, -0.2) is 15.0 Å². The summed E-state index contributed by atoms with van der Waals surface area (Å²) in [6, 6.07) is 19.3. The van der Waals surface area contributed by atoms with Crippen molar-refractivity contribution in [3.8, 4) is 0 Å². The van der Waals surface area contributed by atoms with Gasteiger partial charge in [-0.1, -0.05) is 29.8 Å². The molecule has 0 bridgehead atoms. The zero-order chi connectivity index (χ0) is 17.1. The fourth-order valence-electron chi connectivity index (χ4n) is 2.35. The summed E-state index contributed by atoms with van der Waals surface area (Å²) >= 11 is 7.58. The van der Waals surface area contributed by atoms with Crippen LogP contribution in [0.4, 0.5) is 17.2 Å². The number of aromatic nitrogens is 2. The second kappa shape index (κ2) is 7.01. The normalized spacial score (nSPS) is 11.2. The predicted octanol–water partition coefficient (Wildman–Crippen LogP) is 5.84. The van der Waals surface area contributed by atoms with Crippen molar-refractivity contribution in [2.75, 3.05) is 5.32 Å². The first-order valence-electron chi connectivity index (χ1n) is 7.65. The molecule has 0 saturated heterocycles. The number of para-hydroxylation sites is 1. The second-order valence-electron chi connectivity index (χ2n) is 5.28. The van der Waals surface area contributed by atoms with Gasteiger partial charge in [-0.15, -0.1) is 11.3 Å². The van der Waals surface area contributed by atoms with Crippen molar-refractivity contribution >= 4 is 56.6 Å². The number of hydrogen-bond acceptors (Lipinski definition) is 5. The minimum Gasteiger partial charge on any atom is -0.338 e. The Kier molecular flexibility index (Phi) is 4.41. The predicted molar refractivity (Wildman–Crippen MR) is 106 cm³/mol. The topological polar surface area (TPSA) is 50.2 Å². The fourth-order valence-corrected chi connectivity index (χ4v) is 3.47. The van der Waals surface area contributed by atoms with Gasteiger partial charge in [0.05, 0.1) is 16.4 Å². The Morgan fingerprint density at radius 2 is 1.92 bits per heavy atom. The molecule has 2 heterocycles. The molecule has 2 aromatic heterocycles. The van der Waals surface area contributed by atoms with E-state index >= 15 is 0 Å². The van der Waals surface area contributed by atoms with E-state index in [1.807, 2.05) is 60.7 Å². The van der Waals surface area contributed by atoms with Crippen LogP contribution in [0.2, 0.25) is 5.02 Å². The Balaban J connectivity index is 1.62. The lowest BCUT2D eigenvalue weighted by Crippen LogP contribution is -1.93. The minimum atomic E-state index is 0.703. The number of nitrogens with zero attached hydrogens (tertiary/aromatic N) is 3. The largest absolute Gasteiger partial charge is 0.338 e. The molecule has 6 heteroatoms. The van der Waals surface area contributed by atoms with Crippen molar-refractivity contribution in [3.05, 3.63) is 76.9 Å². The monoisotopic (exact) mass is 364 g/mol. The fraction of sp³-hybridized carbons (Fsp3) is 0. The third-order valence-electron chi connectivity index (χ3n) is 3.50. The summed E-state index contributed by atoms with van der Waals surface area (Å²) in [7, 11) is 0. The molecule has 4 nitrogen and oxygen atoms in total. The highest BCUT2D eigenvalue weighted by atomic mass is 35.5. The van der Waals surface area contributed by atoms with Gasteiger partial charge in [0.1, 0.15) is 10.7 Å². The average Bonchev–Trinajstić information content (AvgIpc) is 3.04. The molecule has 0 fully saturated rings. The molecule has 0 amide bonds. The third kappa shape index (κ3) is 3.68. The molecule has 1 N–H and O–H groups in total. The highest BCUT2D eigenvalue weighted by molar-refractivity contribution is 7.20. The van der Waals surface area contributed by atoms with Crippen LogP contribution in [0.25, 0.3) is 10.2 Å². The standard InChI is InChI=1S/C19H13ClN4S/c20-13-8-9-15-17(11-13)25-18(24-15)12-22-16-7-4-10-21-19(16)23-14-5-2-1-3-6-14/h1-12H,(H,21,23). The van der Waals surface area contributed by atoms with E-state index in [1.165, 1.54) is 0 Å². The van der Waals surface area contributed by atoms with Gasteiger partial charge >= 0.3 is 0 Å². The highest BCUT2D eigenvalue weighted by Gasteiger charge is 2.05. The van der Waals surface area contributed by atoms with E-state index in [-0.39, 0.29) is 0 Å². The van der Waals surface area contributed by atoms with Crippen LogP contribution in [0.15, 0.2) is 71.9 Å². The van der Waals surface area contributed by atoms with E-state index in [4.69, 9.17) is 11.6 Å². The van der Waals surface area contributed by atoms with Crippen molar-refractivity contribution in [1.82, 2.24) is 9.97 Å². The number of aliphatic imine (C=N–C) groups is 1. The van der Waals surface area contributed by atoms with Crippen molar-refractivity contribution in [1.29, 1.82) is 0 Å². The molecule has 0 aliphatic rings. The Labute approximate surface area is 153 Å². The van der Waals surface area contributed by atoms with Crippen LogP contribution in [0.5, 0.6) is 0 Å². The number of nitrogens with one attached hydrogen (secondary N) is 1. The van der Waals surface area contributed by atoms with Gasteiger partial charge in [0.25, 0.3) is 0 Å². The molecule has 4 aromatic rings. The lowest BCUT2D eigenvalue weighted by molar-refractivity contribution is 1.29. The molecule has 0 unspecified atom stereocenters. The van der Waals surface area contributed by atoms with Gasteiger partial charge in [0.15, 0.2) is 5.82 Å². The van der Waals surface area contributed by atoms with Crippen LogP contribution in [0, 0.1) is 0 Å². The molecule has 25 heavy (non-hydrogen) atoms. The van der Waals surface area contributed by atoms with E-state index < -0.39 is 0 Å². The average molecular weight is 365 g/mol. The van der Waals surface area contributed by atoms with E-state index in [0.29, 0.717) is 10.8 Å². The van der Waals surface area contributed by atoms with Crippen LogP contribution in [0.3, 0.4) is 0 Å². The van der Waals surface area contributed by atoms with Crippen molar-refractivity contribution in [3.63, 3.8) is 0 Å². The maximum Gasteiger partial charge on any atom is 0.156 e. The summed E-state index contributed by atoms with van der Waals surface area (Å²) in [6.07, 6.45) is 3.50. The Hall–Kier alpha value is -2.76. The number of benzene rings is 2. The molecule has 4 rings (SSSR count). The lowest BCUT2D eigenvalue weighted by atomic mass is 10.3. The summed E-state index contributed by atoms with van der Waals surface area (Å²) in [6.45, 7) is 0. The van der Waals surface area contributed by atoms with Crippen LogP contribution in [0.1, 0.15) is 5.01 Å². The molecule has 2 aromatic carbocycles. The van der Waals surface area contributed by atoms with Gasteiger partial charge in [-0.3, -0.25) is 0 Å². The zero-order valence-corrected chi connectivity index (χ0v) is 14.6. The minimum absolute atomic E-state index is 0.703. The maximum absolute atomic E-state index is 6.03. The Bertz CT molecular complexity index is 1040. The van der Waals surface area contributed by atoms with Crippen molar-refractivity contribution in [2.45, 2.75) is 0 Å². The first kappa shape index (κ1) is 15.7. The molecule has 0 radical (unpaired) electrons. The molecule has 0 aliphatic heterocycles. The van der Waals surface area contributed by atoms with Gasteiger partial charge < -0.3 is 5.32 Å². The number of halogens is 1. The Morgan fingerprint density at radius 1 is 1.04 bits per heavy atom. The van der Waals surface area contributed by atoms with E-state index in [1.54, 1.807) is 23.7 Å². The molecule has 0 aliphatic carbocycles. The van der Waals surface area contributed by atoms with Gasteiger partial charge in [-0.2, -0.15) is 0 Å². The smallest absolute Gasteiger partial charge is 0.156 e. The molecular formula is C19H13ClN4S. The van der Waals surface area contributed by atoms with Crippen LogP contribution >= 0.6 is 22.9 Å². The highest BCUT2D eigenvalue weighted by Crippen LogP contribution is 2.27. The first-order valence-corrected chi connectivity index (χ1v) is 8.85. The quantitative estimate of drug-likeness (QED) is 0.463. The Morgan fingerprint density at radius 3 is 2.80 bits per heavy atom. The number of anilines is 2. The SMILES string of the molecule is Clc1ccc2nc(C=Nc3cccnc3Nc3ccccc3)sc2c1. The zero-order valence-electron chi connectivity index (χ0n) is 13.1. The van der Waals surface area contributed by atoms with Crippen molar-refractivity contribution < 1.29 is 0 Å². The maximum atomic E-state index is 6.03. The number of thiazole rings is 1. The summed E-state index contributed by atoms with van der Waals surface area (Å²) in [4.78, 5) is 13.5. The number of rotatable bonds is 4.